The molecule has 1 atom stereocenters. The molecule has 0 spiro atoms. The molecule has 19 heavy (non-hydrogen) atoms. The summed E-state index contributed by atoms with van der Waals surface area (Å²) in [4.78, 5) is 0. The number of nitrogens with zero attached hydrogens (tertiary/aromatic N) is 1. The van der Waals surface area contributed by atoms with Gasteiger partial charge in [0.1, 0.15) is 5.75 Å². The van der Waals surface area contributed by atoms with Crippen LogP contribution in [0.15, 0.2) is 18.2 Å². The molecule has 0 aromatic heterocycles. The van der Waals surface area contributed by atoms with Gasteiger partial charge in [0.05, 0.1) is 25.3 Å². The number of nitrogens with one attached hydrogen (secondary N) is 1. The second kappa shape index (κ2) is 7.13. The third-order valence-corrected chi connectivity index (χ3v) is 3.41. The van der Waals surface area contributed by atoms with Crippen molar-refractivity contribution in [3.8, 4) is 11.8 Å². The van der Waals surface area contributed by atoms with Gasteiger partial charge in [0.25, 0.3) is 0 Å². The Morgan fingerprint density at radius 2 is 2.42 bits per heavy atom. The maximum absolute atomic E-state index is 8.93. The molecule has 0 radical (unpaired) electrons. The molecule has 1 unspecified atom stereocenters. The van der Waals surface area contributed by atoms with Gasteiger partial charge in [-0.2, -0.15) is 5.26 Å². The molecule has 0 bridgehead atoms. The molecule has 1 aliphatic rings. The average Bonchev–Trinajstić information content (AvgIpc) is 2.48. The fraction of sp³-hybridized carbons (Fsp3) is 0.533. The highest BCUT2D eigenvalue weighted by atomic mass is 16.5. The molecule has 2 rings (SSSR count). The van der Waals surface area contributed by atoms with Crippen LogP contribution in [-0.2, 0) is 11.3 Å². The normalized spacial score (nSPS) is 18.8. The van der Waals surface area contributed by atoms with Gasteiger partial charge in [-0.3, -0.25) is 0 Å². The summed E-state index contributed by atoms with van der Waals surface area (Å²) in [5.74, 6) is 1.42. The first-order valence-electron chi connectivity index (χ1n) is 6.69. The van der Waals surface area contributed by atoms with E-state index >= 15 is 0 Å². The summed E-state index contributed by atoms with van der Waals surface area (Å²) < 4.78 is 10.8. The van der Waals surface area contributed by atoms with E-state index in [-0.39, 0.29) is 0 Å². The molecule has 4 nitrogen and oxygen atoms in total. The van der Waals surface area contributed by atoms with Gasteiger partial charge < -0.3 is 14.8 Å². The Labute approximate surface area is 114 Å². The highest BCUT2D eigenvalue weighted by Crippen LogP contribution is 2.20. The van der Waals surface area contributed by atoms with E-state index in [0.717, 1.165) is 44.0 Å². The van der Waals surface area contributed by atoms with Gasteiger partial charge in [0.2, 0.25) is 0 Å². The number of hydrogen-bond acceptors (Lipinski definition) is 4. The summed E-state index contributed by atoms with van der Waals surface area (Å²) >= 11 is 0. The maximum Gasteiger partial charge on any atom is 0.123 e. The molecule has 0 amide bonds. The Balaban J connectivity index is 1.89. The minimum absolute atomic E-state index is 0.596. The van der Waals surface area contributed by atoms with E-state index in [1.807, 2.05) is 12.1 Å². The molecule has 0 aliphatic carbocycles. The third kappa shape index (κ3) is 3.95. The van der Waals surface area contributed by atoms with Crippen molar-refractivity contribution in [1.82, 2.24) is 5.32 Å². The summed E-state index contributed by atoms with van der Waals surface area (Å²) in [6.07, 6.45) is 2.38. The molecule has 4 heteroatoms. The van der Waals surface area contributed by atoms with Crippen molar-refractivity contribution in [3.63, 3.8) is 0 Å². The molecule has 1 aromatic carbocycles. The lowest BCUT2D eigenvalue weighted by atomic mass is 10.0. The number of hydrogen-bond donors (Lipinski definition) is 1. The molecule has 1 N–H and O–H groups in total. The van der Waals surface area contributed by atoms with E-state index in [1.54, 1.807) is 13.2 Å². The first kappa shape index (κ1) is 13.9. The second-order valence-electron chi connectivity index (χ2n) is 4.85. The van der Waals surface area contributed by atoms with Gasteiger partial charge in [-0.25, -0.2) is 0 Å². The zero-order chi connectivity index (χ0) is 13.5. The molecule has 1 heterocycles. The van der Waals surface area contributed by atoms with Gasteiger partial charge in [-0.05, 0) is 37.0 Å². The molecule has 1 aliphatic heterocycles. The molecule has 1 saturated heterocycles. The summed E-state index contributed by atoms with van der Waals surface area (Å²) in [7, 11) is 1.65. The van der Waals surface area contributed by atoms with Crippen molar-refractivity contribution in [2.75, 3.05) is 26.9 Å². The van der Waals surface area contributed by atoms with Crippen molar-refractivity contribution in [1.29, 1.82) is 5.26 Å². The molecule has 1 aromatic rings. The Morgan fingerprint density at radius 1 is 1.53 bits per heavy atom. The van der Waals surface area contributed by atoms with Crippen molar-refractivity contribution in [2.45, 2.75) is 19.4 Å². The third-order valence-electron chi connectivity index (χ3n) is 3.41. The average molecular weight is 260 g/mol. The van der Waals surface area contributed by atoms with Crippen LogP contribution >= 0.6 is 0 Å². The Morgan fingerprint density at radius 3 is 3.11 bits per heavy atom. The quantitative estimate of drug-likeness (QED) is 0.880. The van der Waals surface area contributed by atoms with E-state index in [0.29, 0.717) is 11.5 Å². The zero-order valence-corrected chi connectivity index (χ0v) is 11.3. The maximum atomic E-state index is 8.93. The zero-order valence-electron chi connectivity index (χ0n) is 11.3. The van der Waals surface area contributed by atoms with Gasteiger partial charge >= 0.3 is 0 Å². The Bertz CT molecular complexity index is 448. The summed E-state index contributed by atoms with van der Waals surface area (Å²) in [5.41, 5.74) is 1.69. The van der Waals surface area contributed by atoms with Crippen molar-refractivity contribution < 1.29 is 9.47 Å². The van der Waals surface area contributed by atoms with Gasteiger partial charge in [0.15, 0.2) is 0 Å². The highest BCUT2D eigenvalue weighted by molar-refractivity contribution is 5.41. The Kier molecular flexibility index (Phi) is 5.20. The first-order chi connectivity index (χ1) is 9.33. The summed E-state index contributed by atoms with van der Waals surface area (Å²) in [6, 6.07) is 7.65. The number of rotatable bonds is 5. The van der Waals surface area contributed by atoms with Crippen LogP contribution in [0.2, 0.25) is 0 Å². The van der Waals surface area contributed by atoms with Crippen LogP contribution in [0.4, 0.5) is 0 Å². The van der Waals surface area contributed by atoms with Crippen LogP contribution in [0.25, 0.3) is 0 Å². The van der Waals surface area contributed by atoms with E-state index in [1.165, 1.54) is 6.42 Å². The minimum Gasteiger partial charge on any atom is -0.496 e. The molecular weight excluding hydrogens is 240 g/mol. The van der Waals surface area contributed by atoms with Crippen LogP contribution in [0.1, 0.15) is 24.0 Å². The first-order valence-corrected chi connectivity index (χ1v) is 6.69. The standard InChI is InChI=1S/C15H20N2O2/c1-18-15-5-4-12(8-16)7-14(15)10-17-9-13-3-2-6-19-11-13/h4-5,7,13,17H,2-3,6,9-11H2,1H3. The topological polar surface area (TPSA) is 54.3 Å². The predicted octanol–water partition coefficient (Wildman–Crippen LogP) is 2.08. The summed E-state index contributed by atoms with van der Waals surface area (Å²) in [6.45, 7) is 3.41. The molecule has 102 valence electrons. The molecular formula is C15H20N2O2. The molecule has 1 fully saturated rings. The fourth-order valence-electron chi connectivity index (χ4n) is 2.37. The lowest BCUT2D eigenvalue weighted by molar-refractivity contribution is 0.0547. The Hall–Kier alpha value is -1.57. The SMILES string of the molecule is COc1ccc(C#N)cc1CNCC1CCCOC1. The van der Waals surface area contributed by atoms with Crippen LogP contribution in [0.3, 0.4) is 0 Å². The van der Waals surface area contributed by atoms with Gasteiger partial charge in [-0.15, -0.1) is 0 Å². The number of benzene rings is 1. The second-order valence-corrected chi connectivity index (χ2v) is 4.85. The fourth-order valence-corrected chi connectivity index (χ4v) is 2.37. The lowest BCUT2D eigenvalue weighted by Crippen LogP contribution is -2.29. The largest absolute Gasteiger partial charge is 0.496 e. The van der Waals surface area contributed by atoms with E-state index < -0.39 is 0 Å². The van der Waals surface area contributed by atoms with Gasteiger partial charge in [-0.1, -0.05) is 0 Å². The number of nitriles is 1. The predicted molar refractivity (Wildman–Crippen MR) is 73.0 cm³/mol. The van der Waals surface area contributed by atoms with Gasteiger partial charge in [0, 0.05) is 25.3 Å². The van der Waals surface area contributed by atoms with Crippen molar-refractivity contribution in [3.05, 3.63) is 29.3 Å². The van der Waals surface area contributed by atoms with Crippen LogP contribution in [0, 0.1) is 17.2 Å². The van der Waals surface area contributed by atoms with Crippen molar-refractivity contribution >= 4 is 0 Å². The highest BCUT2D eigenvalue weighted by Gasteiger charge is 2.13. The van der Waals surface area contributed by atoms with Crippen molar-refractivity contribution in [2.24, 2.45) is 5.92 Å². The number of ether oxygens (including phenoxy) is 2. The smallest absolute Gasteiger partial charge is 0.123 e. The molecule has 0 saturated carbocycles. The van der Waals surface area contributed by atoms with Crippen LogP contribution < -0.4 is 10.1 Å². The minimum atomic E-state index is 0.596. The van der Waals surface area contributed by atoms with Crippen LogP contribution in [-0.4, -0.2) is 26.9 Å². The lowest BCUT2D eigenvalue weighted by Gasteiger charge is -2.22. The monoisotopic (exact) mass is 260 g/mol. The van der Waals surface area contributed by atoms with E-state index in [9.17, 15) is 0 Å². The van der Waals surface area contributed by atoms with E-state index in [2.05, 4.69) is 11.4 Å². The summed E-state index contributed by atoms with van der Waals surface area (Å²) in [5, 5.41) is 12.4. The number of methoxy groups -OCH3 is 1. The van der Waals surface area contributed by atoms with Crippen LogP contribution in [0.5, 0.6) is 5.75 Å². The van der Waals surface area contributed by atoms with E-state index in [4.69, 9.17) is 14.7 Å².